The molecule has 1 atom stereocenters. The number of nitrogens with one attached hydrogen (secondary N) is 1. The van der Waals surface area contributed by atoms with Crippen LogP contribution in [0.15, 0.2) is 5.38 Å². The van der Waals surface area contributed by atoms with Crippen molar-refractivity contribution in [3.63, 3.8) is 0 Å². The number of aromatic nitrogens is 1. The molecule has 0 aliphatic heterocycles. The van der Waals surface area contributed by atoms with Crippen LogP contribution in [-0.2, 0) is 11.3 Å². The number of amides is 1. The quantitative estimate of drug-likeness (QED) is 0.750. The Kier molecular flexibility index (Phi) is 3.74. The molecule has 1 amide bonds. The van der Waals surface area contributed by atoms with Gasteiger partial charge in [-0.05, 0) is 13.8 Å². The van der Waals surface area contributed by atoms with E-state index in [1.54, 1.807) is 18.3 Å². The van der Waals surface area contributed by atoms with Gasteiger partial charge in [-0.1, -0.05) is 0 Å². The minimum atomic E-state index is -0.263. The maximum atomic E-state index is 11.1. The normalized spacial score (nSPS) is 12.5. The number of nitrogens with zero attached hydrogens (tertiary/aromatic N) is 1. The Balaban J connectivity index is 2.39. The Morgan fingerprint density at radius 1 is 1.85 bits per heavy atom. The van der Waals surface area contributed by atoms with Gasteiger partial charge in [0.2, 0.25) is 5.91 Å². The minimum Gasteiger partial charge on any atom is -0.349 e. The van der Waals surface area contributed by atoms with E-state index < -0.39 is 0 Å². The standard InChI is InChI=1S/C8H12N2OS2/c1-5-4-13-7(10-5)3-9-8(11)6(2)12/h4,6,12H,3H2,1-2H3,(H,9,11). The Morgan fingerprint density at radius 3 is 3.00 bits per heavy atom. The zero-order valence-electron chi connectivity index (χ0n) is 7.57. The summed E-state index contributed by atoms with van der Waals surface area (Å²) in [6, 6.07) is 0. The van der Waals surface area contributed by atoms with E-state index in [4.69, 9.17) is 0 Å². The third kappa shape index (κ3) is 3.36. The van der Waals surface area contributed by atoms with Gasteiger partial charge in [0.25, 0.3) is 0 Å². The predicted molar refractivity (Wildman–Crippen MR) is 57.1 cm³/mol. The number of thiol groups is 1. The van der Waals surface area contributed by atoms with Gasteiger partial charge < -0.3 is 5.32 Å². The molecule has 0 aromatic carbocycles. The first kappa shape index (κ1) is 10.5. The van der Waals surface area contributed by atoms with E-state index in [9.17, 15) is 4.79 Å². The number of thiazole rings is 1. The van der Waals surface area contributed by atoms with Crippen LogP contribution in [-0.4, -0.2) is 16.1 Å². The SMILES string of the molecule is Cc1csc(CNC(=O)C(C)S)n1. The van der Waals surface area contributed by atoms with Gasteiger partial charge in [0.15, 0.2) is 0 Å². The van der Waals surface area contributed by atoms with Crippen LogP contribution in [0.1, 0.15) is 17.6 Å². The summed E-state index contributed by atoms with van der Waals surface area (Å²) in [5, 5.41) is 5.38. The topological polar surface area (TPSA) is 42.0 Å². The molecule has 0 fully saturated rings. The van der Waals surface area contributed by atoms with E-state index in [0.29, 0.717) is 6.54 Å². The Labute approximate surface area is 87.0 Å². The highest BCUT2D eigenvalue weighted by Crippen LogP contribution is 2.07. The first-order valence-electron chi connectivity index (χ1n) is 3.96. The van der Waals surface area contributed by atoms with Gasteiger partial charge in [0, 0.05) is 11.1 Å². The highest BCUT2D eigenvalue weighted by atomic mass is 32.1. The molecular formula is C8H12N2OS2. The molecule has 1 aromatic rings. The second kappa shape index (κ2) is 4.62. The van der Waals surface area contributed by atoms with Crippen molar-refractivity contribution in [2.75, 3.05) is 0 Å². The summed E-state index contributed by atoms with van der Waals surface area (Å²) in [6.45, 7) is 4.18. The van der Waals surface area contributed by atoms with E-state index in [2.05, 4.69) is 22.9 Å². The van der Waals surface area contributed by atoms with E-state index in [0.717, 1.165) is 10.7 Å². The number of hydrogen-bond donors (Lipinski definition) is 2. The van der Waals surface area contributed by atoms with Crippen LogP contribution >= 0.6 is 24.0 Å². The summed E-state index contributed by atoms with van der Waals surface area (Å²) in [6.07, 6.45) is 0. The van der Waals surface area contributed by atoms with Crippen molar-refractivity contribution in [2.45, 2.75) is 25.6 Å². The van der Waals surface area contributed by atoms with Gasteiger partial charge >= 0.3 is 0 Å². The lowest BCUT2D eigenvalue weighted by Gasteiger charge is -2.04. The summed E-state index contributed by atoms with van der Waals surface area (Å²) in [5.74, 6) is -0.0591. The van der Waals surface area contributed by atoms with Crippen LogP contribution in [0, 0.1) is 6.92 Å². The maximum absolute atomic E-state index is 11.1. The average molecular weight is 216 g/mol. The van der Waals surface area contributed by atoms with Crippen LogP contribution < -0.4 is 5.32 Å². The summed E-state index contributed by atoms with van der Waals surface area (Å²) in [4.78, 5) is 15.3. The minimum absolute atomic E-state index is 0.0591. The molecule has 1 N–H and O–H groups in total. The third-order valence-corrected chi connectivity index (χ3v) is 2.66. The lowest BCUT2D eigenvalue weighted by Crippen LogP contribution is -2.29. The fourth-order valence-corrected chi connectivity index (χ4v) is 1.60. The zero-order chi connectivity index (χ0) is 9.84. The number of hydrogen-bond acceptors (Lipinski definition) is 4. The van der Waals surface area contributed by atoms with E-state index in [1.807, 2.05) is 12.3 Å². The molecule has 0 saturated carbocycles. The molecule has 0 bridgehead atoms. The molecule has 3 nitrogen and oxygen atoms in total. The van der Waals surface area contributed by atoms with Crippen molar-refractivity contribution in [2.24, 2.45) is 0 Å². The highest BCUT2D eigenvalue weighted by Gasteiger charge is 2.07. The number of carbonyl (C=O) groups excluding carboxylic acids is 1. The van der Waals surface area contributed by atoms with Crippen molar-refractivity contribution >= 4 is 29.9 Å². The molecule has 72 valence electrons. The lowest BCUT2D eigenvalue weighted by atomic mass is 10.4. The number of carbonyl (C=O) groups is 1. The van der Waals surface area contributed by atoms with Gasteiger partial charge in [-0.3, -0.25) is 4.79 Å². The molecule has 1 aromatic heterocycles. The smallest absolute Gasteiger partial charge is 0.232 e. The molecule has 0 radical (unpaired) electrons. The second-order valence-electron chi connectivity index (χ2n) is 2.78. The maximum Gasteiger partial charge on any atom is 0.232 e. The second-order valence-corrected chi connectivity index (χ2v) is 4.49. The van der Waals surface area contributed by atoms with Crippen molar-refractivity contribution in [1.29, 1.82) is 0 Å². The van der Waals surface area contributed by atoms with E-state index in [1.165, 1.54) is 0 Å². The van der Waals surface area contributed by atoms with Crippen LogP contribution in [0.5, 0.6) is 0 Å². The lowest BCUT2D eigenvalue weighted by molar-refractivity contribution is -0.120. The van der Waals surface area contributed by atoms with Crippen molar-refractivity contribution < 1.29 is 4.79 Å². The van der Waals surface area contributed by atoms with Crippen LogP contribution in [0.2, 0.25) is 0 Å². The van der Waals surface area contributed by atoms with Crippen LogP contribution in [0.25, 0.3) is 0 Å². The van der Waals surface area contributed by atoms with E-state index in [-0.39, 0.29) is 11.2 Å². The van der Waals surface area contributed by atoms with Crippen molar-refractivity contribution in [1.82, 2.24) is 10.3 Å². The Hall–Kier alpha value is -0.550. The molecule has 1 rings (SSSR count). The van der Waals surface area contributed by atoms with E-state index >= 15 is 0 Å². The molecular weight excluding hydrogens is 204 g/mol. The molecule has 0 saturated heterocycles. The van der Waals surface area contributed by atoms with Gasteiger partial charge in [-0.2, -0.15) is 12.6 Å². The molecule has 0 aliphatic carbocycles. The van der Waals surface area contributed by atoms with Crippen molar-refractivity contribution in [3.8, 4) is 0 Å². The zero-order valence-corrected chi connectivity index (χ0v) is 9.28. The van der Waals surface area contributed by atoms with Gasteiger partial charge in [-0.15, -0.1) is 11.3 Å². The molecule has 0 aliphatic rings. The van der Waals surface area contributed by atoms with Crippen LogP contribution in [0.3, 0.4) is 0 Å². The fourth-order valence-electron chi connectivity index (χ4n) is 0.794. The molecule has 1 unspecified atom stereocenters. The Morgan fingerprint density at radius 2 is 2.54 bits per heavy atom. The summed E-state index contributed by atoms with van der Waals surface area (Å²) < 4.78 is 0. The summed E-state index contributed by atoms with van der Waals surface area (Å²) in [7, 11) is 0. The molecule has 0 spiro atoms. The van der Waals surface area contributed by atoms with Gasteiger partial charge in [-0.25, -0.2) is 4.98 Å². The van der Waals surface area contributed by atoms with Gasteiger partial charge in [0.05, 0.1) is 11.8 Å². The predicted octanol–water partition coefficient (Wildman–Crippen LogP) is 1.39. The fraction of sp³-hybridized carbons (Fsp3) is 0.500. The monoisotopic (exact) mass is 216 g/mol. The summed E-state index contributed by atoms with van der Waals surface area (Å²) in [5.41, 5.74) is 0.994. The highest BCUT2D eigenvalue weighted by molar-refractivity contribution is 7.81. The first-order valence-corrected chi connectivity index (χ1v) is 5.36. The number of rotatable bonds is 3. The Bertz CT molecular complexity index is 296. The largest absolute Gasteiger partial charge is 0.349 e. The number of aryl methyl sites for hydroxylation is 1. The summed E-state index contributed by atoms with van der Waals surface area (Å²) >= 11 is 5.57. The average Bonchev–Trinajstić information content (AvgIpc) is 2.47. The first-order chi connectivity index (χ1) is 6.09. The third-order valence-electron chi connectivity index (χ3n) is 1.46. The van der Waals surface area contributed by atoms with Gasteiger partial charge in [0.1, 0.15) is 5.01 Å². The molecule has 5 heteroatoms. The van der Waals surface area contributed by atoms with Crippen LogP contribution in [0.4, 0.5) is 0 Å². The van der Waals surface area contributed by atoms with Crippen molar-refractivity contribution in [3.05, 3.63) is 16.1 Å². The molecule has 13 heavy (non-hydrogen) atoms. The molecule has 1 heterocycles.